The predicted octanol–water partition coefficient (Wildman–Crippen LogP) is 3.41. The number of nitrogens with zero attached hydrogens (tertiary/aromatic N) is 2. The Balaban J connectivity index is 2.27. The second kappa shape index (κ2) is 6.49. The van der Waals surface area contributed by atoms with Gasteiger partial charge in [-0.05, 0) is 63.6 Å². The number of nitrogens with one attached hydrogen (secondary N) is 1. The monoisotopic (exact) mass is 447 g/mol. The van der Waals surface area contributed by atoms with Gasteiger partial charge in [0.2, 0.25) is 11.8 Å². The van der Waals surface area contributed by atoms with Crippen molar-refractivity contribution in [3.8, 4) is 5.88 Å². The molecule has 2 rings (SSSR count). The summed E-state index contributed by atoms with van der Waals surface area (Å²) in [6.07, 6.45) is 0. The molecule has 0 saturated carbocycles. The summed E-state index contributed by atoms with van der Waals surface area (Å²) < 4.78 is 6.74. The molecular weight excluding hydrogens is 437 g/mol. The van der Waals surface area contributed by atoms with E-state index in [4.69, 9.17) is 4.74 Å². The topological polar surface area (TPSA) is 64.1 Å². The molecular formula is C13H11BrIN3O2. The summed E-state index contributed by atoms with van der Waals surface area (Å²) in [5.41, 5.74) is 1.25. The summed E-state index contributed by atoms with van der Waals surface area (Å²) in [6.45, 7) is 1.81. The zero-order valence-electron chi connectivity index (χ0n) is 10.8. The fraction of sp³-hybridized carbons (Fsp3) is 0.154. The highest BCUT2D eigenvalue weighted by Crippen LogP contribution is 2.21. The molecule has 0 unspecified atom stereocenters. The molecule has 1 heterocycles. The highest BCUT2D eigenvalue weighted by Gasteiger charge is 2.13. The maximum Gasteiger partial charge on any atom is 0.259 e. The largest absolute Gasteiger partial charge is 0.481 e. The maximum atomic E-state index is 12.2. The first-order valence-electron chi connectivity index (χ1n) is 5.65. The molecule has 0 fully saturated rings. The molecule has 0 radical (unpaired) electrons. The van der Waals surface area contributed by atoms with Crippen molar-refractivity contribution in [2.24, 2.45) is 0 Å². The number of hydrogen-bond acceptors (Lipinski definition) is 4. The summed E-state index contributed by atoms with van der Waals surface area (Å²) in [6, 6.07) is 7.21. The van der Waals surface area contributed by atoms with Crippen LogP contribution in [0.4, 0.5) is 5.95 Å². The molecule has 0 atom stereocenters. The van der Waals surface area contributed by atoms with E-state index >= 15 is 0 Å². The van der Waals surface area contributed by atoms with Crippen molar-refractivity contribution >= 4 is 50.4 Å². The van der Waals surface area contributed by atoms with E-state index in [2.05, 4.69) is 53.8 Å². The van der Waals surface area contributed by atoms with Crippen LogP contribution in [0.2, 0.25) is 0 Å². The standard InChI is InChI=1S/C13H11BrIN3O2/c1-7-5-11(20-2)17-13(16-7)18-12(19)9-6-8(15)3-4-10(9)14/h3-6H,1-2H3,(H,16,17,18,19). The van der Waals surface area contributed by atoms with Crippen LogP contribution in [0, 0.1) is 10.5 Å². The summed E-state index contributed by atoms with van der Waals surface area (Å²) in [4.78, 5) is 20.5. The van der Waals surface area contributed by atoms with E-state index < -0.39 is 0 Å². The normalized spacial score (nSPS) is 10.2. The minimum absolute atomic E-state index is 0.220. The molecule has 104 valence electrons. The van der Waals surface area contributed by atoms with Gasteiger partial charge in [0.15, 0.2) is 0 Å². The molecule has 0 bridgehead atoms. The number of anilines is 1. The minimum atomic E-state index is -0.275. The lowest BCUT2D eigenvalue weighted by Crippen LogP contribution is -2.15. The van der Waals surface area contributed by atoms with Crippen molar-refractivity contribution in [3.05, 3.63) is 43.6 Å². The summed E-state index contributed by atoms with van der Waals surface area (Å²) in [7, 11) is 1.52. The van der Waals surface area contributed by atoms with Crippen LogP contribution in [0.25, 0.3) is 0 Å². The quantitative estimate of drug-likeness (QED) is 0.732. The fourth-order valence-corrected chi connectivity index (χ4v) is 2.46. The van der Waals surface area contributed by atoms with Gasteiger partial charge in [-0.2, -0.15) is 4.98 Å². The van der Waals surface area contributed by atoms with Gasteiger partial charge in [-0.3, -0.25) is 10.1 Å². The fourth-order valence-electron chi connectivity index (χ4n) is 1.54. The van der Waals surface area contributed by atoms with E-state index in [-0.39, 0.29) is 11.9 Å². The first kappa shape index (κ1) is 15.2. The predicted molar refractivity (Wildman–Crippen MR) is 88.1 cm³/mol. The molecule has 2 aromatic rings. The average molecular weight is 448 g/mol. The van der Waals surface area contributed by atoms with Gasteiger partial charge in [0, 0.05) is 19.8 Å². The lowest BCUT2D eigenvalue weighted by Gasteiger charge is -2.08. The first-order chi connectivity index (χ1) is 9.49. The second-order valence-electron chi connectivity index (χ2n) is 3.95. The Kier molecular flexibility index (Phi) is 4.92. The van der Waals surface area contributed by atoms with Gasteiger partial charge in [0.1, 0.15) is 0 Å². The van der Waals surface area contributed by atoms with Gasteiger partial charge in [-0.1, -0.05) is 0 Å². The number of carbonyl (C=O) groups is 1. The van der Waals surface area contributed by atoms with E-state index in [1.807, 2.05) is 12.1 Å². The maximum absolute atomic E-state index is 12.2. The number of hydrogen-bond donors (Lipinski definition) is 1. The Hall–Kier alpha value is -1.22. The van der Waals surface area contributed by atoms with Crippen LogP contribution >= 0.6 is 38.5 Å². The Bertz CT molecular complexity index is 664. The Morgan fingerprint density at radius 3 is 2.80 bits per heavy atom. The SMILES string of the molecule is COc1cc(C)nc(NC(=O)c2cc(I)ccc2Br)n1. The van der Waals surface area contributed by atoms with Crippen LogP contribution in [0.1, 0.15) is 16.1 Å². The van der Waals surface area contributed by atoms with Gasteiger partial charge in [0.25, 0.3) is 5.91 Å². The van der Waals surface area contributed by atoms with Crippen molar-refractivity contribution in [3.63, 3.8) is 0 Å². The molecule has 5 nitrogen and oxygen atoms in total. The third kappa shape index (κ3) is 3.66. The van der Waals surface area contributed by atoms with Gasteiger partial charge >= 0.3 is 0 Å². The molecule has 1 aromatic heterocycles. The lowest BCUT2D eigenvalue weighted by atomic mass is 10.2. The van der Waals surface area contributed by atoms with Gasteiger partial charge in [-0.25, -0.2) is 4.98 Å². The van der Waals surface area contributed by atoms with Crippen LogP contribution in [-0.2, 0) is 0 Å². The zero-order chi connectivity index (χ0) is 14.7. The molecule has 0 spiro atoms. The van der Waals surface area contributed by atoms with Crippen LogP contribution in [0.15, 0.2) is 28.7 Å². The van der Waals surface area contributed by atoms with Crippen LogP contribution < -0.4 is 10.1 Å². The van der Waals surface area contributed by atoms with E-state index in [0.717, 1.165) is 8.04 Å². The van der Waals surface area contributed by atoms with E-state index in [0.29, 0.717) is 17.1 Å². The molecule has 0 aliphatic carbocycles. The van der Waals surface area contributed by atoms with Crippen LogP contribution in [-0.4, -0.2) is 23.0 Å². The Morgan fingerprint density at radius 1 is 1.35 bits per heavy atom. The molecule has 7 heteroatoms. The zero-order valence-corrected chi connectivity index (χ0v) is 14.5. The number of benzene rings is 1. The van der Waals surface area contributed by atoms with Gasteiger partial charge in [0.05, 0.1) is 12.7 Å². The number of aryl methyl sites for hydroxylation is 1. The smallest absolute Gasteiger partial charge is 0.259 e. The number of aromatic nitrogens is 2. The molecule has 0 aliphatic heterocycles. The highest BCUT2D eigenvalue weighted by molar-refractivity contribution is 14.1. The summed E-state index contributed by atoms with van der Waals surface area (Å²) in [5.74, 6) is 0.357. The molecule has 20 heavy (non-hydrogen) atoms. The van der Waals surface area contributed by atoms with E-state index in [9.17, 15) is 4.79 Å². The molecule has 0 aliphatic rings. The number of carbonyl (C=O) groups excluding carboxylic acids is 1. The summed E-state index contributed by atoms with van der Waals surface area (Å²) in [5, 5.41) is 2.67. The highest BCUT2D eigenvalue weighted by atomic mass is 127. The molecule has 1 amide bonds. The Labute approximate surface area is 138 Å². The number of halogens is 2. The van der Waals surface area contributed by atoms with Crippen molar-refractivity contribution in [2.45, 2.75) is 6.92 Å². The van der Waals surface area contributed by atoms with E-state index in [1.54, 1.807) is 19.1 Å². The average Bonchev–Trinajstić information content (AvgIpc) is 2.40. The first-order valence-corrected chi connectivity index (χ1v) is 7.53. The van der Waals surface area contributed by atoms with Crippen molar-refractivity contribution < 1.29 is 9.53 Å². The van der Waals surface area contributed by atoms with Crippen molar-refractivity contribution in [1.29, 1.82) is 0 Å². The number of amides is 1. The summed E-state index contributed by atoms with van der Waals surface area (Å²) >= 11 is 5.51. The van der Waals surface area contributed by atoms with Gasteiger partial charge in [-0.15, -0.1) is 0 Å². The number of rotatable bonds is 3. The van der Waals surface area contributed by atoms with Crippen LogP contribution in [0.3, 0.4) is 0 Å². The van der Waals surface area contributed by atoms with Crippen molar-refractivity contribution in [2.75, 3.05) is 12.4 Å². The van der Waals surface area contributed by atoms with Crippen LogP contribution in [0.5, 0.6) is 5.88 Å². The van der Waals surface area contributed by atoms with Gasteiger partial charge < -0.3 is 4.74 Å². The molecule has 0 saturated heterocycles. The number of ether oxygens (including phenoxy) is 1. The second-order valence-corrected chi connectivity index (χ2v) is 6.05. The van der Waals surface area contributed by atoms with Crippen molar-refractivity contribution in [1.82, 2.24) is 9.97 Å². The molecule has 1 N–H and O–H groups in total. The Morgan fingerprint density at radius 2 is 2.10 bits per heavy atom. The lowest BCUT2D eigenvalue weighted by molar-refractivity contribution is 0.102. The minimum Gasteiger partial charge on any atom is -0.481 e. The van der Waals surface area contributed by atoms with E-state index in [1.165, 1.54) is 7.11 Å². The number of methoxy groups -OCH3 is 1. The third-order valence-electron chi connectivity index (χ3n) is 2.44. The third-order valence-corrected chi connectivity index (χ3v) is 3.80. The molecule has 1 aromatic carbocycles.